The van der Waals surface area contributed by atoms with Crippen molar-refractivity contribution in [3.05, 3.63) is 0 Å². The van der Waals surface area contributed by atoms with Gasteiger partial charge in [-0.2, -0.15) is 0 Å². The minimum Gasteiger partial charge on any atom is -0.356 e. The smallest absolute Gasteiger partial charge is 0.220 e. The largest absolute Gasteiger partial charge is 0.356 e. The first-order valence-electron chi connectivity index (χ1n) is 9.21. The summed E-state index contributed by atoms with van der Waals surface area (Å²) in [4.78, 5) is 11.7. The molecule has 21 heavy (non-hydrogen) atoms. The van der Waals surface area contributed by atoms with Crippen LogP contribution >= 0.6 is 0 Å². The first-order valence-corrected chi connectivity index (χ1v) is 9.21. The van der Waals surface area contributed by atoms with Crippen LogP contribution in [0, 0.1) is 5.92 Å². The lowest BCUT2D eigenvalue weighted by Crippen LogP contribution is -2.25. The van der Waals surface area contributed by atoms with Gasteiger partial charge in [0.05, 0.1) is 0 Å². The molecule has 3 nitrogen and oxygen atoms in total. The molecule has 0 bridgehead atoms. The lowest BCUT2D eigenvalue weighted by Gasteiger charge is -2.13. The molecule has 0 aliphatic rings. The molecule has 1 unspecified atom stereocenters. The predicted octanol–water partition coefficient (Wildman–Crippen LogP) is 4.40. The van der Waals surface area contributed by atoms with Gasteiger partial charge in [-0.1, -0.05) is 65.2 Å². The van der Waals surface area contributed by atoms with E-state index < -0.39 is 0 Å². The highest BCUT2D eigenvalue weighted by atomic mass is 16.1. The van der Waals surface area contributed by atoms with E-state index in [4.69, 9.17) is 5.73 Å². The minimum atomic E-state index is 0.216. The molecular formula is C18H38N2O. The van der Waals surface area contributed by atoms with E-state index in [-0.39, 0.29) is 5.91 Å². The van der Waals surface area contributed by atoms with Crippen LogP contribution in [0.3, 0.4) is 0 Å². The number of carbonyl (C=O) groups excluding carboxylic acids is 1. The Hall–Kier alpha value is -0.570. The van der Waals surface area contributed by atoms with Gasteiger partial charge in [0.15, 0.2) is 0 Å². The van der Waals surface area contributed by atoms with E-state index in [9.17, 15) is 4.79 Å². The molecule has 3 heteroatoms. The lowest BCUT2D eigenvalue weighted by molar-refractivity contribution is -0.121. The molecule has 0 spiro atoms. The van der Waals surface area contributed by atoms with Gasteiger partial charge in [-0.15, -0.1) is 0 Å². The summed E-state index contributed by atoms with van der Waals surface area (Å²) in [5, 5.41) is 3.05. The van der Waals surface area contributed by atoms with Gasteiger partial charge in [-0.25, -0.2) is 0 Å². The monoisotopic (exact) mass is 298 g/mol. The maximum atomic E-state index is 11.7. The zero-order chi connectivity index (χ0) is 15.8. The maximum Gasteiger partial charge on any atom is 0.220 e. The van der Waals surface area contributed by atoms with Gasteiger partial charge in [-0.05, 0) is 31.7 Å². The molecular weight excluding hydrogens is 260 g/mol. The average molecular weight is 299 g/mol. The minimum absolute atomic E-state index is 0.216. The van der Waals surface area contributed by atoms with Crippen molar-refractivity contribution in [2.45, 2.75) is 90.9 Å². The van der Waals surface area contributed by atoms with Gasteiger partial charge in [0.25, 0.3) is 0 Å². The standard InChI is InChI=1S/C18H38N2O/c1-3-5-6-7-8-9-10-11-16-20-18(21)13-12-17(4-2)14-15-19/h17H,3-16,19H2,1-2H3,(H,20,21). The van der Waals surface area contributed by atoms with Gasteiger partial charge >= 0.3 is 0 Å². The fraction of sp³-hybridized carbons (Fsp3) is 0.944. The van der Waals surface area contributed by atoms with E-state index in [1.54, 1.807) is 0 Å². The third-order valence-electron chi connectivity index (χ3n) is 4.28. The number of amides is 1. The molecule has 126 valence electrons. The number of rotatable bonds is 15. The summed E-state index contributed by atoms with van der Waals surface area (Å²) >= 11 is 0. The Bertz CT molecular complexity index is 231. The van der Waals surface area contributed by atoms with Crippen molar-refractivity contribution in [3.63, 3.8) is 0 Å². The molecule has 0 aromatic rings. The number of hydrogen-bond acceptors (Lipinski definition) is 2. The molecule has 0 aromatic carbocycles. The van der Waals surface area contributed by atoms with Crippen molar-refractivity contribution in [3.8, 4) is 0 Å². The van der Waals surface area contributed by atoms with Gasteiger partial charge < -0.3 is 11.1 Å². The molecule has 0 heterocycles. The van der Waals surface area contributed by atoms with Crippen molar-refractivity contribution in [1.29, 1.82) is 0 Å². The van der Waals surface area contributed by atoms with Crippen LogP contribution in [-0.2, 0) is 4.79 Å². The molecule has 0 aromatic heterocycles. The number of nitrogens with two attached hydrogens (primary N) is 1. The van der Waals surface area contributed by atoms with Crippen molar-refractivity contribution >= 4 is 5.91 Å². The van der Waals surface area contributed by atoms with Crippen molar-refractivity contribution in [2.75, 3.05) is 13.1 Å². The summed E-state index contributed by atoms with van der Waals surface area (Å²) in [5.74, 6) is 0.831. The third kappa shape index (κ3) is 14.1. The van der Waals surface area contributed by atoms with E-state index in [1.165, 1.54) is 44.9 Å². The summed E-state index contributed by atoms with van der Waals surface area (Å²) in [7, 11) is 0. The average Bonchev–Trinajstić information content (AvgIpc) is 2.49. The van der Waals surface area contributed by atoms with E-state index in [2.05, 4.69) is 19.2 Å². The zero-order valence-electron chi connectivity index (χ0n) is 14.5. The molecule has 3 N–H and O–H groups in total. The normalized spacial score (nSPS) is 12.3. The second-order valence-electron chi connectivity index (χ2n) is 6.22. The first-order chi connectivity index (χ1) is 10.2. The molecule has 0 radical (unpaired) electrons. The van der Waals surface area contributed by atoms with Crippen molar-refractivity contribution < 1.29 is 4.79 Å². The highest BCUT2D eigenvalue weighted by Gasteiger charge is 2.08. The Labute approximate surface area is 132 Å². The molecule has 0 aliphatic heterocycles. The van der Waals surface area contributed by atoms with E-state index in [1.807, 2.05) is 0 Å². The Balaban J connectivity index is 3.33. The van der Waals surface area contributed by atoms with Crippen LogP contribution in [0.5, 0.6) is 0 Å². The Kier molecular flexibility index (Phi) is 15.4. The van der Waals surface area contributed by atoms with Crippen LogP contribution in [0.15, 0.2) is 0 Å². The topological polar surface area (TPSA) is 55.1 Å². The molecule has 0 saturated heterocycles. The lowest BCUT2D eigenvalue weighted by atomic mass is 9.96. The van der Waals surface area contributed by atoms with Crippen LogP contribution in [0.1, 0.15) is 90.9 Å². The SMILES string of the molecule is CCCCCCCCCCNC(=O)CCC(CC)CCN. The molecule has 0 aliphatic carbocycles. The number of unbranched alkanes of at least 4 members (excludes halogenated alkanes) is 7. The molecule has 0 rings (SSSR count). The molecule has 1 atom stereocenters. The third-order valence-corrected chi connectivity index (χ3v) is 4.28. The summed E-state index contributed by atoms with van der Waals surface area (Å²) in [5.41, 5.74) is 5.58. The number of carbonyl (C=O) groups is 1. The van der Waals surface area contributed by atoms with Crippen LogP contribution in [0.2, 0.25) is 0 Å². The number of nitrogens with one attached hydrogen (secondary N) is 1. The first kappa shape index (κ1) is 20.4. The van der Waals surface area contributed by atoms with Crippen LogP contribution < -0.4 is 11.1 Å². The second kappa shape index (κ2) is 15.8. The summed E-state index contributed by atoms with van der Waals surface area (Å²) in [6.45, 7) is 6.01. The fourth-order valence-corrected chi connectivity index (χ4v) is 2.70. The van der Waals surface area contributed by atoms with Gasteiger partial charge in [0, 0.05) is 13.0 Å². The quantitative estimate of drug-likeness (QED) is 0.440. The molecule has 0 saturated carbocycles. The Morgan fingerprint density at radius 1 is 0.952 bits per heavy atom. The zero-order valence-corrected chi connectivity index (χ0v) is 14.5. The molecule has 0 fully saturated rings. The fourth-order valence-electron chi connectivity index (χ4n) is 2.70. The van der Waals surface area contributed by atoms with E-state index in [0.717, 1.165) is 38.8 Å². The summed E-state index contributed by atoms with van der Waals surface area (Å²) in [6.07, 6.45) is 14.3. The number of hydrogen-bond donors (Lipinski definition) is 2. The molecule has 1 amide bonds. The van der Waals surface area contributed by atoms with Gasteiger partial charge in [-0.3, -0.25) is 4.79 Å². The predicted molar refractivity (Wildman–Crippen MR) is 92.3 cm³/mol. The highest BCUT2D eigenvalue weighted by Crippen LogP contribution is 2.14. The highest BCUT2D eigenvalue weighted by molar-refractivity contribution is 5.75. The van der Waals surface area contributed by atoms with Gasteiger partial charge in [0.2, 0.25) is 5.91 Å². The summed E-state index contributed by atoms with van der Waals surface area (Å²) in [6, 6.07) is 0. The van der Waals surface area contributed by atoms with Gasteiger partial charge in [0.1, 0.15) is 0 Å². The van der Waals surface area contributed by atoms with Crippen LogP contribution in [-0.4, -0.2) is 19.0 Å². The van der Waals surface area contributed by atoms with Crippen molar-refractivity contribution in [1.82, 2.24) is 5.32 Å². The summed E-state index contributed by atoms with van der Waals surface area (Å²) < 4.78 is 0. The van der Waals surface area contributed by atoms with Crippen LogP contribution in [0.25, 0.3) is 0 Å². The second-order valence-corrected chi connectivity index (χ2v) is 6.22. The van der Waals surface area contributed by atoms with Crippen molar-refractivity contribution in [2.24, 2.45) is 11.7 Å². The van der Waals surface area contributed by atoms with E-state index >= 15 is 0 Å². The Morgan fingerprint density at radius 3 is 2.14 bits per heavy atom. The van der Waals surface area contributed by atoms with E-state index in [0.29, 0.717) is 12.3 Å². The maximum absolute atomic E-state index is 11.7. The Morgan fingerprint density at radius 2 is 1.57 bits per heavy atom. The van der Waals surface area contributed by atoms with Crippen LogP contribution in [0.4, 0.5) is 0 Å².